The first-order valence-electron chi connectivity index (χ1n) is 6.42. The van der Waals surface area contributed by atoms with Gasteiger partial charge in [-0.1, -0.05) is 0 Å². The van der Waals surface area contributed by atoms with Crippen molar-refractivity contribution in [1.82, 2.24) is 15.2 Å². The highest BCUT2D eigenvalue weighted by Crippen LogP contribution is 2.14. The number of likely N-dealkylation sites (tertiary alicyclic amines) is 1. The van der Waals surface area contributed by atoms with Gasteiger partial charge in [-0.3, -0.25) is 4.79 Å². The first kappa shape index (κ1) is 13.1. The van der Waals surface area contributed by atoms with Crippen LogP contribution in [0.5, 0.6) is 0 Å². The maximum absolute atomic E-state index is 11.8. The smallest absolute Gasteiger partial charge is 0.252 e. The van der Waals surface area contributed by atoms with Crippen molar-refractivity contribution in [3.05, 3.63) is 24.0 Å². The highest BCUT2D eigenvalue weighted by molar-refractivity contribution is 5.93. The Bertz CT molecular complexity index is 364. The lowest BCUT2D eigenvalue weighted by atomic mass is 10.1. The molecule has 0 bridgehead atoms. The lowest BCUT2D eigenvalue weighted by Crippen LogP contribution is -2.31. The Labute approximate surface area is 108 Å². The Kier molecular flexibility index (Phi) is 4.78. The molecule has 0 saturated carbocycles. The molecule has 1 aromatic rings. The van der Waals surface area contributed by atoms with E-state index < -0.39 is 0 Å². The van der Waals surface area contributed by atoms with E-state index in [1.165, 1.54) is 0 Å². The maximum atomic E-state index is 11.8. The van der Waals surface area contributed by atoms with Gasteiger partial charge in [0.2, 0.25) is 0 Å². The molecule has 18 heavy (non-hydrogen) atoms. The molecule has 1 atom stereocenters. The van der Waals surface area contributed by atoms with E-state index in [9.17, 15) is 4.79 Å². The molecule has 5 nitrogen and oxygen atoms in total. The largest absolute Gasteiger partial charge is 0.383 e. The third-order valence-corrected chi connectivity index (χ3v) is 3.39. The van der Waals surface area contributed by atoms with Crippen LogP contribution < -0.4 is 5.32 Å². The molecule has 1 aliphatic rings. The lowest BCUT2D eigenvalue weighted by Gasteiger charge is -2.15. The minimum atomic E-state index is 0.00610. The number of amides is 1. The van der Waals surface area contributed by atoms with Gasteiger partial charge in [0.05, 0.1) is 12.2 Å². The van der Waals surface area contributed by atoms with E-state index in [-0.39, 0.29) is 5.91 Å². The van der Waals surface area contributed by atoms with Gasteiger partial charge in [0.15, 0.2) is 0 Å². The minimum Gasteiger partial charge on any atom is -0.383 e. The van der Waals surface area contributed by atoms with Crippen LogP contribution >= 0.6 is 0 Å². The number of H-pyrrole nitrogens is 1. The molecule has 0 aliphatic carbocycles. The second-order valence-corrected chi connectivity index (χ2v) is 4.76. The predicted molar refractivity (Wildman–Crippen MR) is 69.5 cm³/mol. The van der Waals surface area contributed by atoms with Crippen LogP contribution in [0.2, 0.25) is 0 Å². The summed E-state index contributed by atoms with van der Waals surface area (Å²) in [4.78, 5) is 17.0. The number of hydrogen-bond acceptors (Lipinski definition) is 3. The molecule has 1 fully saturated rings. The van der Waals surface area contributed by atoms with Crippen LogP contribution in [0.15, 0.2) is 18.5 Å². The minimum absolute atomic E-state index is 0.00610. The van der Waals surface area contributed by atoms with E-state index in [1.54, 1.807) is 25.6 Å². The van der Waals surface area contributed by atoms with Gasteiger partial charge in [0.25, 0.3) is 5.91 Å². The van der Waals surface area contributed by atoms with Gasteiger partial charge in [-0.25, -0.2) is 0 Å². The number of carbonyl (C=O) groups excluding carboxylic acids is 1. The van der Waals surface area contributed by atoms with E-state index in [0.29, 0.717) is 11.5 Å². The van der Waals surface area contributed by atoms with Crippen molar-refractivity contribution in [1.29, 1.82) is 0 Å². The highest BCUT2D eigenvalue weighted by Gasteiger charge is 2.22. The van der Waals surface area contributed by atoms with Crippen molar-refractivity contribution < 1.29 is 9.53 Å². The zero-order chi connectivity index (χ0) is 12.8. The Morgan fingerprint density at radius 2 is 2.56 bits per heavy atom. The third kappa shape index (κ3) is 3.58. The number of aromatic nitrogens is 1. The van der Waals surface area contributed by atoms with Crippen LogP contribution in [-0.2, 0) is 4.74 Å². The summed E-state index contributed by atoms with van der Waals surface area (Å²) in [6, 6.07) is 1.79. The fourth-order valence-corrected chi connectivity index (χ4v) is 2.31. The summed E-state index contributed by atoms with van der Waals surface area (Å²) in [5.74, 6) is 0.566. The van der Waals surface area contributed by atoms with Crippen molar-refractivity contribution in [3.8, 4) is 0 Å². The number of ether oxygens (including phenoxy) is 1. The summed E-state index contributed by atoms with van der Waals surface area (Å²) in [5, 5.41) is 2.99. The number of aromatic amines is 1. The number of hydrogen-bond donors (Lipinski definition) is 2. The van der Waals surface area contributed by atoms with Gasteiger partial charge in [0, 0.05) is 39.1 Å². The number of nitrogens with one attached hydrogen (secondary N) is 2. The Hall–Kier alpha value is -1.33. The van der Waals surface area contributed by atoms with Crippen LogP contribution in [0.4, 0.5) is 0 Å². The van der Waals surface area contributed by atoms with E-state index in [2.05, 4.69) is 15.2 Å². The van der Waals surface area contributed by atoms with Gasteiger partial charge in [-0.05, 0) is 24.9 Å². The van der Waals surface area contributed by atoms with Crippen molar-refractivity contribution in [2.24, 2.45) is 5.92 Å². The zero-order valence-corrected chi connectivity index (χ0v) is 10.8. The number of carbonyl (C=O) groups is 1. The molecule has 2 N–H and O–H groups in total. The molecule has 0 spiro atoms. The molecule has 1 amide bonds. The number of rotatable bonds is 6. The maximum Gasteiger partial charge on any atom is 0.252 e. The SMILES string of the molecule is COCCN1CCC(CNC(=O)c2cc[nH]c2)C1. The van der Waals surface area contributed by atoms with Crippen molar-refractivity contribution >= 4 is 5.91 Å². The Balaban J connectivity index is 1.67. The average molecular weight is 251 g/mol. The second-order valence-electron chi connectivity index (χ2n) is 4.76. The predicted octanol–water partition coefficient (Wildman–Crippen LogP) is 0.713. The Morgan fingerprint density at radius 1 is 1.67 bits per heavy atom. The van der Waals surface area contributed by atoms with Gasteiger partial charge < -0.3 is 19.9 Å². The lowest BCUT2D eigenvalue weighted by molar-refractivity contribution is 0.0947. The molecule has 1 aromatic heterocycles. The standard InChI is InChI=1S/C13H21N3O2/c1-18-7-6-16-5-3-11(10-16)8-15-13(17)12-2-4-14-9-12/h2,4,9,11,14H,3,5-8,10H2,1H3,(H,15,17). The summed E-state index contributed by atoms with van der Waals surface area (Å²) in [6.07, 6.45) is 4.63. The molecule has 2 heterocycles. The summed E-state index contributed by atoms with van der Waals surface area (Å²) < 4.78 is 5.07. The molecular weight excluding hydrogens is 230 g/mol. The third-order valence-electron chi connectivity index (χ3n) is 3.39. The first-order valence-corrected chi connectivity index (χ1v) is 6.42. The van der Waals surface area contributed by atoms with Crippen LogP contribution in [-0.4, -0.2) is 55.7 Å². The monoisotopic (exact) mass is 251 g/mol. The van der Waals surface area contributed by atoms with E-state index in [4.69, 9.17) is 4.74 Å². The van der Waals surface area contributed by atoms with Gasteiger partial charge in [-0.2, -0.15) is 0 Å². The summed E-state index contributed by atoms with van der Waals surface area (Å²) in [5.41, 5.74) is 0.698. The van der Waals surface area contributed by atoms with E-state index in [1.807, 2.05) is 0 Å². The van der Waals surface area contributed by atoms with Gasteiger partial charge >= 0.3 is 0 Å². The topological polar surface area (TPSA) is 57.4 Å². The fourth-order valence-electron chi connectivity index (χ4n) is 2.31. The molecule has 100 valence electrons. The molecule has 0 radical (unpaired) electrons. The van der Waals surface area contributed by atoms with Crippen LogP contribution in [0.1, 0.15) is 16.8 Å². The highest BCUT2D eigenvalue weighted by atomic mass is 16.5. The van der Waals surface area contributed by atoms with Crippen LogP contribution in [0.3, 0.4) is 0 Å². The van der Waals surface area contributed by atoms with E-state index in [0.717, 1.165) is 39.2 Å². The molecule has 1 aliphatic heterocycles. The van der Waals surface area contributed by atoms with Crippen molar-refractivity contribution in [2.45, 2.75) is 6.42 Å². The van der Waals surface area contributed by atoms with Crippen molar-refractivity contribution in [2.75, 3.05) is 39.9 Å². The number of methoxy groups -OCH3 is 1. The van der Waals surface area contributed by atoms with Crippen LogP contribution in [0.25, 0.3) is 0 Å². The normalized spacial score (nSPS) is 20.2. The summed E-state index contributed by atoms with van der Waals surface area (Å²) >= 11 is 0. The molecule has 1 saturated heterocycles. The molecular formula is C13H21N3O2. The number of nitrogens with zero attached hydrogens (tertiary/aromatic N) is 1. The quantitative estimate of drug-likeness (QED) is 0.783. The van der Waals surface area contributed by atoms with Crippen LogP contribution in [0, 0.1) is 5.92 Å². The first-order chi connectivity index (χ1) is 8.79. The zero-order valence-electron chi connectivity index (χ0n) is 10.8. The van der Waals surface area contributed by atoms with Gasteiger partial charge in [0.1, 0.15) is 0 Å². The molecule has 2 rings (SSSR count). The molecule has 5 heteroatoms. The van der Waals surface area contributed by atoms with E-state index >= 15 is 0 Å². The second kappa shape index (κ2) is 6.56. The average Bonchev–Trinajstić information content (AvgIpc) is 3.04. The Morgan fingerprint density at radius 3 is 3.28 bits per heavy atom. The molecule has 0 aromatic carbocycles. The summed E-state index contributed by atoms with van der Waals surface area (Å²) in [6.45, 7) is 4.68. The summed E-state index contributed by atoms with van der Waals surface area (Å²) in [7, 11) is 1.73. The molecule has 1 unspecified atom stereocenters. The van der Waals surface area contributed by atoms with Gasteiger partial charge in [-0.15, -0.1) is 0 Å². The van der Waals surface area contributed by atoms with Crippen molar-refractivity contribution in [3.63, 3.8) is 0 Å². The fraction of sp³-hybridized carbons (Fsp3) is 0.615.